The van der Waals surface area contributed by atoms with Crippen molar-refractivity contribution in [3.05, 3.63) is 80.1 Å². The Morgan fingerprint density at radius 2 is 1.92 bits per heavy atom. The summed E-state index contributed by atoms with van der Waals surface area (Å²) in [6.45, 7) is 1.51. The highest BCUT2D eigenvalue weighted by Gasteiger charge is 2.25. The van der Waals surface area contributed by atoms with Gasteiger partial charge in [-0.2, -0.15) is 5.10 Å². The number of fused-ring (bicyclic) bond motifs is 1. The number of carbonyl (C=O) groups excluding carboxylic acids is 1. The lowest BCUT2D eigenvalue weighted by molar-refractivity contribution is -0.118. The molecule has 0 radical (unpaired) electrons. The van der Waals surface area contributed by atoms with Gasteiger partial charge in [0.1, 0.15) is 11.6 Å². The van der Waals surface area contributed by atoms with Crippen LogP contribution in [-0.2, 0) is 27.6 Å². The zero-order valence-electron chi connectivity index (χ0n) is 19.2. The summed E-state index contributed by atoms with van der Waals surface area (Å²) in [6.07, 6.45) is 4.78. The first kappa shape index (κ1) is 26.6. The Bertz CT molecular complexity index is 1470. The van der Waals surface area contributed by atoms with Crippen molar-refractivity contribution in [2.24, 2.45) is 0 Å². The minimum Gasteiger partial charge on any atom is -0.349 e. The highest BCUT2D eigenvalue weighted by Crippen LogP contribution is 2.34. The molecule has 12 heteroatoms. The minimum absolute atomic E-state index is 0.172. The van der Waals surface area contributed by atoms with E-state index in [4.69, 9.17) is 34.8 Å². The fraction of sp³-hybridized carbons (Fsp3) is 0.292. The van der Waals surface area contributed by atoms with Crippen LogP contribution in [0.15, 0.2) is 47.4 Å². The van der Waals surface area contributed by atoms with Crippen LogP contribution in [0.3, 0.4) is 0 Å². The number of nitrogens with zero attached hydrogens (tertiary/aromatic N) is 3. The maximum Gasteiger partial charge on any atom is 0.235 e. The van der Waals surface area contributed by atoms with Crippen molar-refractivity contribution in [1.82, 2.24) is 20.1 Å². The van der Waals surface area contributed by atoms with Gasteiger partial charge >= 0.3 is 0 Å². The van der Waals surface area contributed by atoms with Gasteiger partial charge in [0.25, 0.3) is 0 Å². The number of halogens is 4. The van der Waals surface area contributed by atoms with E-state index in [0.717, 1.165) is 30.2 Å². The van der Waals surface area contributed by atoms with E-state index in [9.17, 15) is 13.2 Å². The van der Waals surface area contributed by atoms with Crippen LogP contribution in [0.1, 0.15) is 35.4 Å². The Balaban J connectivity index is 1.49. The third-order valence-corrected chi connectivity index (χ3v) is 8.41. The summed E-state index contributed by atoms with van der Waals surface area (Å²) < 4.78 is 42.1. The molecule has 4 rings (SSSR count). The lowest BCUT2D eigenvalue weighted by Gasteiger charge is -2.19. The van der Waals surface area contributed by atoms with Gasteiger partial charge < -0.3 is 5.32 Å². The van der Waals surface area contributed by atoms with Crippen LogP contribution in [0.5, 0.6) is 0 Å². The quantitative estimate of drug-likeness (QED) is 0.421. The molecule has 2 heterocycles. The monoisotopic (exact) mass is 570 g/mol. The summed E-state index contributed by atoms with van der Waals surface area (Å²) >= 11 is 18.2. The summed E-state index contributed by atoms with van der Waals surface area (Å²) in [5, 5.41) is 7.96. The van der Waals surface area contributed by atoms with Gasteiger partial charge in [-0.3, -0.25) is 14.5 Å². The molecule has 0 unspecified atom stereocenters. The number of rotatable bonds is 7. The van der Waals surface area contributed by atoms with E-state index < -0.39 is 33.9 Å². The highest BCUT2D eigenvalue weighted by molar-refractivity contribution is 7.92. The molecule has 0 fully saturated rings. The van der Waals surface area contributed by atoms with Gasteiger partial charge in [0.05, 0.1) is 40.6 Å². The van der Waals surface area contributed by atoms with Gasteiger partial charge in [-0.1, -0.05) is 40.9 Å². The number of aromatic nitrogens is 3. The van der Waals surface area contributed by atoms with Crippen molar-refractivity contribution in [3.8, 4) is 0 Å². The first-order valence-electron chi connectivity index (χ1n) is 11.0. The normalized spacial score (nSPS) is 14.9. The molecule has 1 N–H and O–H groups in total. The lowest BCUT2D eigenvalue weighted by atomic mass is 9.92. The molecule has 36 heavy (non-hydrogen) atoms. The number of allylic oxidation sites excluding steroid dienone is 1. The van der Waals surface area contributed by atoms with Crippen LogP contribution in [-0.4, -0.2) is 41.4 Å². The number of nitrogens with one attached hydrogen (secondary N) is 1. The number of amides is 1. The summed E-state index contributed by atoms with van der Waals surface area (Å²) in [6, 6.07) is 6.39. The predicted octanol–water partition coefficient (Wildman–Crippen LogP) is 5.20. The molecule has 0 aliphatic heterocycles. The molecule has 0 saturated heterocycles. The van der Waals surface area contributed by atoms with E-state index in [1.807, 2.05) is 0 Å². The molecule has 7 nitrogen and oxygen atoms in total. The molecule has 1 amide bonds. The van der Waals surface area contributed by atoms with Crippen LogP contribution in [0, 0.1) is 6.92 Å². The first-order chi connectivity index (χ1) is 17.0. The fourth-order valence-corrected chi connectivity index (χ4v) is 5.80. The third kappa shape index (κ3) is 5.91. The lowest BCUT2D eigenvalue weighted by Crippen LogP contribution is -2.31. The van der Waals surface area contributed by atoms with E-state index in [0.29, 0.717) is 40.0 Å². The van der Waals surface area contributed by atoms with Crippen molar-refractivity contribution >= 4 is 56.1 Å². The van der Waals surface area contributed by atoms with Gasteiger partial charge in [-0.05, 0) is 55.5 Å². The van der Waals surface area contributed by atoms with Gasteiger partial charge in [0.15, 0.2) is 9.84 Å². The van der Waals surface area contributed by atoms with Crippen LogP contribution in [0.4, 0.5) is 4.39 Å². The van der Waals surface area contributed by atoms with Gasteiger partial charge in [-0.25, -0.2) is 12.8 Å². The van der Waals surface area contributed by atoms with Gasteiger partial charge in [-0.15, -0.1) is 0 Å². The molecule has 1 aliphatic carbocycles. The molecule has 1 aliphatic rings. The standard InChI is InChI=1S/C24H22Cl3FN4O3S/c1-14-20(26)8-18(10-29-14)36(34,35)13-23(33)30-11-22(28)19-4-2-3-15-9-31-32(24(15)19)12-16-5-6-17(25)7-21(16)27/h5-10H,2-4,11-13H2,1H3,(H,30,33)/b22-19-. The number of sulfone groups is 1. The van der Waals surface area contributed by atoms with E-state index in [1.165, 1.54) is 6.07 Å². The van der Waals surface area contributed by atoms with Crippen molar-refractivity contribution in [1.29, 1.82) is 0 Å². The zero-order valence-corrected chi connectivity index (χ0v) is 22.3. The number of benzene rings is 1. The summed E-state index contributed by atoms with van der Waals surface area (Å²) in [4.78, 5) is 16.1. The summed E-state index contributed by atoms with van der Waals surface area (Å²) in [5.41, 5.74) is 3.22. The topological polar surface area (TPSA) is 93.9 Å². The van der Waals surface area contributed by atoms with Crippen LogP contribution >= 0.6 is 34.8 Å². The molecule has 1 aromatic carbocycles. The summed E-state index contributed by atoms with van der Waals surface area (Å²) in [5.74, 6) is -2.24. The fourth-order valence-electron chi connectivity index (χ4n) is 3.97. The Morgan fingerprint density at radius 1 is 1.14 bits per heavy atom. The van der Waals surface area contributed by atoms with Gasteiger partial charge in [0.2, 0.25) is 5.91 Å². The Hall–Kier alpha value is -2.46. The summed E-state index contributed by atoms with van der Waals surface area (Å²) in [7, 11) is -3.99. The van der Waals surface area contributed by atoms with Crippen molar-refractivity contribution in [3.63, 3.8) is 0 Å². The van der Waals surface area contributed by atoms with E-state index in [2.05, 4.69) is 15.4 Å². The molecule has 0 bridgehead atoms. The van der Waals surface area contributed by atoms with Crippen LogP contribution in [0.25, 0.3) is 5.57 Å². The van der Waals surface area contributed by atoms with Crippen LogP contribution < -0.4 is 5.32 Å². The SMILES string of the molecule is Cc1ncc(S(=O)(=O)CC(=O)NC/C(F)=C2\CCCc3cnn(Cc4ccc(Cl)cc4Cl)c32)cc1Cl. The molecule has 0 atom stereocenters. The Labute approximate surface area is 223 Å². The van der Waals surface area contributed by atoms with Gasteiger partial charge in [0, 0.05) is 21.8 Å². The smallest absolute Gasteiger partial charge is 0.235 e. The third-order valence-electron chi connectivity index (χ3n) is 5.86. The van der Waals surface area contributed by atoms with Crippen LogP contribution in [0.2, 0.25) is 15.1 Å². The molecule has 0 saturated carbocycles. The minimum atomic E-state index is -3.99. The highest BCUT2D eigenvalue weighted by atomic mass is 35.5. The van der Waals surface area contributed by atoms with E-state index >= 15 is 4.39 Å². The number of hydrogen-bond acceptors (Lipinski definition) is 5. The molecule has 3 aromatic rings. The second-order valence-electron chi connectivity index (χ2n) is 8.42. The molecular weight excluding hydrogens is 550 g/mol. The maximum absolute atomic E-state index is 15.3. The van der Waals surface area contributed by atoms with E-state index in [-0.39, 0.29) is 9.92 Å². The first-order valence-corrected chi connectivity index (χ1v) is 13.8. The predicted molar refractivity (Wildman–Crippen MR) is 138 cm³/mol. The van der Waals surface area contributed by atoms with Crippen molar-refractivity contribution in [2.45, 2.75) is 37.6 Å². The molecule has 190 valence electrons. The second kappa shape index (κ2) is 10.9. The number of aryl methyl sites for hydroxylation is 2. The number of carbonyl (C=O) groups is 1. The van der Waals surface area contributed by atoms with E-state index in [1.54, 1.807) is 36.0 Å². The van der Waals surface area contributed by atoms with Crippen molar-refractivity contribution < 1.29 is 17.6 Å². The average Bonchev–Trinajstić information content (AvgIpc) is 3.23. The Kier molecular flexibility index (Phi) is 8.04. The average molecular weight is 572 g/mol. The number of pyridine rings is 1. The molecule has 2 aromatic heterocycles. The zero-order chi connectivity index (χ0) is 26.0. The number of hydrogen-bond donors (Lipinski definition) is 1. The molecule has 0 spiro atoms. The largest absolute Gasteiger partial charge is 0.349 e. The second-order valence-corrected chi connectivity index (χ2v) is 11.7. The Morgan fingerprint density at radius 3 is 2.64 bits per heavy atom. The molecular formula is C24H22Cl3FN4O3S. The van der Waals surface area contributed by atoms with Crippen molar-refractivity contribution in [2.75, 3.05) is 12.3 Å². The maximum atomic E-state index is 15.3.